The number of fused-ring (bicyclic) bond motifs is 1. The number of amides is 1. The summed E-state index contributed by atoms with van der Waals surface area (Å²) in [6.45, 7) is 1.63. The largest absolute Gasteiger partial charge is 0.416 e. The summed E-state index contributed by atoms with van der Waals surface area (Å²) in [5.41, 5.74) is 2.73. The number of nitrogens with one attached hydrogen (secondary N) is 2. The van der Waals surface area contributed by atoms with E-state index in [0.29, 0.717) is 11.3 Å². The highest BCUT2D eigenvalue weighted by atomic mass is 35.5. The standard InChI is InChI=1S/C21H19F3N4O.ClH/c22-21(23,24)19-4-2-1-3-17(19)12-28-13-18(11-26-28)27-20(29)15-5-6-16-10-25-8-7-14(16)9-15;/h1-6,9,11,13,25H,7-8,10,12H2,(H,27,29);1H. The van der Waals surface area contributed by atoms with E-state index >= 15 is 0 Å². The van der Waals surface area contributed by atoms with Crippen molar-refractivity contribution in [2.24, 2.45) is 0 Å². The van der Waals surface area contributed by atoms with Gasteiger partial charge in [-0.1, -0.05) is 24.3 Å². The molecule has 30 heavy (non-hydrogen) atoms. The molecule has 0 saturated heterocycles. The van der Waals surface area contributed by atoms with Gasteiger partial charge in [0.2, 0.25) is 0 Å². The van der Waals surface area contributed by atoms with Crippen molar-refractivity contribution in [1.82, 2.24) is 15.1 Å². The third-order valence-electron chi connectivity index (χ3n) is 4.90. The predicted octanol–water partition coefficient (Wildman–Crippen LogP) is 4.27. The van der Waals surface area contributed by atoms with Crippen molar-refractivity contribution in [2.75, 3.05) is 11.9 Å². The summed E-state index contributed by atoms with van der Waals surface area (Å²) in [5.74, 6) is -0.276. The number of carbonyl (C=O) groups is 1. The molecule has 2 heterocycles. The molecule has 0 bridgehead atoms. The Kier molecular flexibility index (Phi) is 6.48. The fourth-order valence-electron chi connectivity index (χ4n) is 3.45. The minimum absolute atomic E-state index is 0. The average Bonchev–Trinajstić information content (AvgIpc) is 3.14. The topological polar surface area (TPSA) is 59.0 Å². The van der Waals surface area contributed by atoms with Crippen molar-refractivity contribution in [3.05, 3.63) is 82.7 Å². The summed E-state index contributed by atoms with van der Waals surface area (Å²) in [5, 5.41) is 10.1. The lowest BCUT2D eigenvalue weighted by atomic mass is 9.98. The van der Waals surface area contributed by atoms with Crippen molar-refractivity contribution < 1.29 is 18.0 Å². The number of carbonyl (C=O) groups excluding carboxylic acids is 1. The second-order valence-electron chi connectivity index (χ2n) is 6.95. The van der Waals surface area contributed by atoms with Crippen LogP contribution in [-0.2, 0) is 25.7 Å². The molecular weight excluding hydrogens is 417 g/mol. The van der Waals surface area contributed by atoms with Crippen molar-refractivity contribution in [1.29, 1.82) is 0 Å². The van der Waals surface area contributed by atoms with Crippen molar-refractivity contribution in [3.8, 4) is 0 Å². The van der Waals surface area contributed by atoms with Crippen LogP contribution in [0.1, 0.15) is 32.6 Å². The van der Waals surface area contributed by atoms with Crippen LogP contribution in [0.5, 0.6) is 0 Å². The van der Waals surface area contributed by atoms with Crippen molar-refractivity contribution in [2.45, 2.75) is 25.7 Å². The van der Waals surface area contributed by atoms with Crippen molar-refractivity contribution >= 4 is 24.0 Å². The molecule has 1 aliphatic rings. The summed E-state index contributed by atoms with van der Waals surface area (Å²) < 4.78 is 40.8. The van der Waals surface area contributed by atoms with E-state index in [1.165, 1.54) is 34.8 Å². The highest BCUT2D eigenvalue weighted by Gasteiger charge is 2.32. The normalized spacial score (nSPS) is 13.3. The zero-order valence-electron chi connectivity index (χ0n) is 15.9. The molecule has 0 atom stereocenters. The van der Waals surface area contributed by atoms with Gasteiger partial charge in [0.15, 0.2) is 0 Å². The molecule has 5 nitrogen and oxygen atoms in total. The third-order valence-corrected chi connectivity index (χ3v) is 4.90. The minimum Gasteiger partial charge on any atom is -0.319 e. The SMILES string of the molecule is Cl.O=C(Nc1cnn(Cc2ccccc2C(F)(F)F)c1)c1ccc2c(c1)CCNC2. The maximum atomic E-state index is 13.1. The number of rotatable bonds is 4. The van der Waals surface area contributed by atoms with E-state index in [0.717, 1.165) is 31.1 Å². The summed E-state index contributed by atoms with van der Waals surface area (Å²) in [7, 11) is 0. The molecule has 0 unspecified atom stereocenters. The Balaban J connectivity index is 0.00000256. The highest BCUT2D eigenvalue weighted by molar-refractivity contribution is 6.04. The van der Waals surface area contributed by atoms with E-state index in [1.807, 2.05) is 12.1 Å². The molecule has 1 amide bonds. The summed E-state index contributed by atoms with van der Waals surface area (Å²) in [6.07, 6.45) is -0.612. The number of hydrogen-bond acceptors (Lipinski definition) is 3. The number of anilines is 1. The van der Waals surface area contributed by atoms with Gasteiger partial charge in [0.25, 0.3) is 5.91 Å². The molecule has 9 heteroatoms. The fourth-order valence-corrected chi connectivity index (χ4v) is 3.45. The van der Waals surface area contributed by atoms with Gasteiger partial charge in [0.05, 0.1) is 24.0 Å². The van der Waals surface area contributed by atoms with Crippen LogP contribution >= 0.6 is 12.4 Å². The number of halogens is 4. The van der Waals surface area contributed by atoms with E-state index in [4.69, 9.17) is 0 Å². The number of aromatic nitrogens is 2. The van der Waals surface area contributed by atoms with Gasteiger partial charge in [0, 0.05) is 18.3 Å². The second-order valence-corrected chi connectivity index (χ2v) is 6.95. The molecule has 0 saturated carbocycles. The second kappa shape index (κ2) is 8.89. The lowest BCUT2D eigenvalue weighted by Gasteiger charge is -2.17. The number of hydrogen-bond donors (Lipinski definition) is 2. The fraction of sp³-hybridized carbons (Fsp3) is 0.238. The van der Waals surface area contributed by atoms with Crippen molar-refractivity contribution in [3.63, 3.8) is 0 Å². The first-order chi connectivity index (χ1) is 13.9. The monoisotopic (exact) mass is 436 g/mol. The lowest BCUT2D eigenvalue weighted by molar-refractivity contribution is -0.138. The highest BCUT2D eigenvalue weighted by Crippen LogP contribution is 2.32. The van der Waals surface area contributed by atoms with Gasteiger partial charge in [-0.3, -0.25) is 9.48 Å². The van der Waals surface area contributed by atoms with Crippen LogP contribution < -0.4 is 10.6 Å². The zero-order valence-corrected chi connectivity index (χ0v) is 16.7. The molecule has 1 aromatic heterocycles. The maximum absolute atomic E-state index is 13.1. The molecule has 1 aliphatic heterocycles. The Morgan fingerprint density at radius 2 is 1.97 bits per heavy atom. The zero-order chi connectivity index (χ0) is 20.4. The Morgan fingerprint density at radius 1 is 1.17 bits per heavy atom. The molecule has 2 aromatic carbocycles. The van der Waals surface area contributed by atoms with Crippen LogP contribution in [0.3, 0.4) is 0 Å². The van der Waals surface area contributed by atoms with E-state index in [-0.39, 0.29) is 30.4 Å². The first kappa shape index (κ1) is 21.9. The van der Waals surface area contributed by atoms with Crippen LogP contribution in [0.4, 0.5) is 18.9 Å². The van der Waals surface area contributed by atoms with Crippen LogP contribution in [0, 0.1) is 0 Å². The Hall–Kier alpha value is -2.84. The molecule has 0 spiro atoms. The van der Waals surface area contributed by atoms with Crippen LogP contribution in [0.15, 0.2) is 54.9 Å². The van der Waals surface area contributed by atoms with E-state index in [1.54, 1.807) is 12.1 Å². The van der Waals surface area contributed by atoms with Gasteiger partial charge in [-0.2, -0.15) is 18.3 Å². The Bertz CT molecular complexity index is 1050. The van der Waals surface area contributed by atoms with Gasteiger partial charge >= 0.3 is 6.18 Å². The third kappa shape index (κ3) is 4.83. The molecule has 158 valence electrons. The molecule has 3 aromatic rings. The van der Waals surface area contributed by atoms with E-state index in [9.17, 15) is 18.0 Å². The Morgan fingerprint density at radius 3 is 2.77 bits per heavy atom. The first-order valence-corrected chi connectivity index (χ1v) is 9.21. The number of nitrogens with zero attached hydrogens (tertiary/aromatic N) is 2. The van der Waals surface area contributed by atoms with Crippen LogP contribution in [-0.4, -0.2) is 22.2 Å². The summed E-state index contributed by atoms with van der Waals surface area (Å²) in [4.78, 5) is 12.5. The minimum atomic E-state index is -4.43. The quantitative estimate of drug-likeness (QED) is 0.642. The molecule has 0 fully saturated rings. The lowest BCUT2D eigenvalue weighted by Crippen LogP contribution is -2.24. The van der Waals surface area contributed by atoms with Gasteiger partial charge < -0.3 is 10.6 Å². The van der Waals surface area contributed by atoms with Gasteiger partial charge in [-0.15, -0.1) is 12.4 Å². The summed E-state index contributed by atoms with van der Waals surface area (Å²) in [6, 6.07) is 11.0. The first-order valence-electron chi connectivity index (χ1n) is 9.21. The van der Waals surface area contributed by atoms with Crippen LogP contribution in [0.25, 0.3) is 0 Å². The average molecular weight is 437 g/mol. The maximum Gasteiger partial charge on any atom is 0.416 e. The van der Waals surface area contributed by atoms with Gasteiger partial charge in [-0.05, 0) is 47.9 Å². The molecular formula is C21H20ClF3N4O. The summed E-state index contributed by atoms with van der Waals surface area (Å²) >= 11 is 0. The number of alkyl halides is 3. The van der Waals surface area contributed by atoms with E-state index in [2.05, 4.69) is 15.7 Å². The smallest absolute Gasteiger partial charge is 0.319 e. The van der Waals surface area contributed by atoms with Crippen LogP contribution in [0.2, 0.25) is 0 Å². The van der Waals surface area contributed by atoms with Gasteiger partial charge in [0.1, 0.15) is 0 Å². The Labute approximate surface area is 177 Å². The predicted molar refractivity (Wildman–Crippen MR) is 110 cm³/mol. The number of benzene rings is 2. The molecule has 0 radical (unpaired) electrons. The molecule has 0 aliphatic carbocycles. The van der Waals surface area contributed by atoms with Gasteiger partial charge in [-0.25, -0.2) is 0 Å². The molecule has 4 rings (SSSR count). The van der Waals surface area contributed by atoms with E-state index < -0.39 is 11.7 Å². The molecule has 2 N–H and O–H groups in total.